The van der Waals surface area contributed by atoms with Gasteiger partial charge in [0.2, 0.25) is 0 Å². The lowest BCUT2D eigenvalue weighted by Crippen LogP contribution is -2.32. The van der Waals surface area contributed by atoms with E-state index in [0.717, 1.165) is 21.5 Å². The Kier molecular flexibility index (Phi) is 4.95. The molecule has 0 atom stereocenters. The maximum atomic E-state index is 6.56. The van der Waals surface area contributed by atoms with Crippen molar-refractivity contribution in [2.75, 3.05) is 0 Å². The third-order valence-corrected chi connectivity index (χ3v) is 8.70. The first-order valence-electron chi connectivity index (χ1n) is 13.2. The van der Waals surface area contributed by atoms with Gasteiger partial charge in [0.25, 0.3) is 0 Å². The second-order valence-corrected chi connectivity index (χ2v) is 11.2. The number of fused-ring (bicyclic) bond motifs is 9. The zero-order valence-corrected chi connectivity index (χ0v) is 22.7. The maximum Gasteiger partial charge on any atom is 0.132 e. The fourth-order valence-electron chi connectivity index (χ4n) is 6.54. The Morgan fingerprint density at radius 3 is 1.56 bits per heavy atom. The van der Waals surface area contributed by atoms with Crippen LogP contribution in [0.1, 0.15) is 22.3 Å². The Balaban J connectivity index is 1.52. The molecule has 1 heterocycles. The minimum absolute atomic E-state index is 0.520. The molecule has 6 aromatic rings. The van der Waals surface area contributed by atoms with Gasteiger partial charge in [-0.15, -0.1) is 0 Å². The van der Waals surface area contributed by atoms with Gasteiger partial charge in [-0.25, -0.2) is 0 Å². The van der Waals surface area contributed by atoms with Gasteiger partial charge in [-0.05, 0) is 80.9 Å². The molecule has 0 radical (unpaired) electrons. The van der Waals surface area contributed by atoms with Gasteiger partial charge in [0.15, 0.2) is 0 Å². The number of para-hydroxylation sites is 1. The van der Waals surface area contributed by atoms with Crippen molar-refractivity contribution in [3.05, 3.63) is 166 Å². The van der Waals surface area contributed by atoms with Gasteiger partial charge < -0.3 is 4.74 Å². The minimum Gasteiger partial charge on any atom is -0.457 e. The summed E-state index contributed by atoms with van der Waals surface area (Å²) >= 11 is 3.79. The van der Waals surface area contributed by atoms with Gasteiger partial charge in [0.05, 0.1) is 5.41 Å². The van der Waals surface area contributed by atoms with Crippen molar-refractivity contribution in [2.45, 2.75) is 5.41 Å². The first-order valence-corrected chi connectivity index (χ1v) is 14.0. The molecule has 0 saturated heterocycles. The second kappa shape index (κ2) is 8.56. The van der Waals surface area contributed by atoms with Crippen LogP contribution >= 0.6 is 15.9 Å². The zero-order valence-electron chi connectivity index (χ0n) is 21.1. The molecule has 0 unspecified atom stereocenters. The van der Waals surface area contributed by atoms with Crippen LogP contribution in [0.4, 0.5) is 0 Å². The summed E-state index contributed by atoms with van der Waals surface area (Å²) in [5.41, 5.74) is 11.8. The van der Waals surface area contributed by atoms with Crippen LogP contribution in [0.15, 0.2) is 144 Å². The third-order valence-electron chi connectivity index (χ3n) is 8.21. The van der Waals surface area contributed by atoms with E-state index in [1.165, 1.54) is 50.1 Å². The van der Waals surface area contributed by atoms with E-state index in [-0.39, 0.29) is 0 Å². The maximum absolute atomic E-state index is 6.56. The zero-order chi connectivity index (χ0) is 26.0. The molecular formula is C37H23BrO. The lowest BCUT2D eigenvalue weighted by molar-refractivity contribution is 0.436. The number of ether oxygens (including phenoxy) is 1. The standard InChI is InChI=1S/C37H23BrO/c38-28-17-20-36-34(23-28)37(31-13-7-8-14-35(31)39-36)32-21-26(24-9-3-1-4-10-24)15-18-29(32)30-19-16-27(22-33(30)37)25-11-5-2-6-12-25/h1-23H. The van der Waals surface area contributed by atoms with Crippen molar-refractivity contribution in [3.8, 4) is 44.9 Å². The molecular weight excluding hydrogens is 540 g/mol. The van der Waals surface area contributed by atoms with Crippen LogP contribution in [-0.4, -0.2) is 0 Å². The van der Waals surface area contributed by atoms with Gasteiger partial charge in [-0.2, -0.15) is 0 Å². The van der Waals surface area contributed by atoms with E-state index in [9.17, 15) is 0 Å². The van der Waals surface area contributed by atoms with Crippen LogP contribution in [0.25, 0.3) is 33.4 Å². The highest BCUT2D eigenvalue weighted by molar-refractivity contribution is 9.10. The van der Waals surface area contributed by atoms with E-state index < -0.39 is 5.41 Å². The molecule has 0 amide bonds. The molecule has 6 aromatic carbocycles. The van der Waals surface area contributed by atoms with E-state index >= 15 is 0 Å². The highest BCUT2D eigenvalue weighted by Crippen LogP contribution is 2.63. The fourth-order valence-corrected chi connectivity index (χ4v) is 6.90. The van der Waals surface area contributed by atoms with Crippen LogP contribution < -0.4 is 4.74 Å². The number of benzene rings is 6. The number of hydrogen-bond acceptors (Lipinski definition) is 1. The molecule has 2 heteroatoms. The van der Waals surface area contributed by atoms with Crippen molar-refractivity contribution >= 4 is 15.9 Å². The highest BCUT2D eigenvalue weighted by Gasteiger charge is 2.51. The minimum atomic E-state index is -0.520. The Labute approximate surface area is 236 Å². The number of hydrogen-bond donors (Lipinski definition) is 0. The molecule has 1 aliphatic heterocycles. The summed E-state index contributed by atoms with van der Waals surface area (Å²) in [5.74, 6) is 1.80. The molecule has 0 fully saturated rings. The molecule has 2 aliphatic rings. The van der Waals surface area contributed by atoms with Crippen molar-refractivity contribution in [3.63, 3.8) is 0 Å². The summed E-state index contributed by atoms with van der Waals surface area (Å²) in [6.07, 6.45) is 0. The predicted octanol–water partition coefficient (Wildman–Crippen LogP) is 10.3. The molecule has 0 bridgehead atoms. The normalized spacial score (nSPS) is 13.7. The summed E-state index contributed by atoms with van der Waals surface area (Å²) in [4.78, 5) is 0. The Morgan fingerprint density at radius 2 is 0.949 bits per heavy atom. The van der Waals surface area contributed by atoms with Crippen molar-refractivity contribution in [1.29, 1.82) is 0 Å². The first-order chi connectivity index (χ1) is 19.2. The van der Waals surface area contributed by atoms with Crippen molar-refractivity contribution in [1.82, 2.24) is 0 Å². The molecule has 0 N–H and O–H groups in total. The largest absolute Gasteiger partial charge is 0.457 e. The number of halogens is 1. The fraction of sp³-hybridized carbons (Fsp3) is 0.0270. The van der Waals surface area contributed by atoms with Crippen LogP contribution in [0.3, 0.4) is 0 Å². The number of rotatable bonds is 2. The lowest BCUT2D eigenvalue weighted by atomic mass is 9.65. The highest BCUT2D eigenvalue weighted by atomic mass is 79.9. The SMILES string of the molecule is Brc1ccc2c(c1)C1(c3ccccc3O2)c2cc(-c3ccccc3)ccc2-c2ccc(-c3ccccc3)cc21. The summed E-state index contributed by atoms with van der Waals surface area (Å²) in [6, 6.07) is 50.2. The summed E-state index contributed by atoms with van der Waals surface area (Å²) in [6.45, 7) is 0. The van der Waals surface area contributed by atoms with Gasteiger partial charge in [0.1, 0.15) is 11.5 Å². The molecule has 39 heavy (non-hydrogen) atoms. The summed E-state index contributed by atoms with van der Waals surface area (Å²) in [5, 5.41) is 0. The van der Waals surface area contributed by atoms with E-state index in [1.807, 2.05) is 0 Å². The van der Waals surface area contributed by atoms with Crippen LogP contribution in [0, 0.1) is 0 Å². The Bertz CT molecular complexity index is 1800. The van der Waals surface area contributed by atoms with Crippen molar-refractivity contribution < 1.29 is 4.74 Å². The van der Waals surface area contributed by atoms with Crippen molar-refractivity contribution in [2.24, 2.45) is 0 Å². The van der Waals surface area contributed by atoms with Gasteiger partial charge in [-0.3, -0.25) is 0 Å². The van der Waals surface area contributed by atoms with Crippen LogP contribution in [0.2, 0.25) is 0 Å². The topological polar surface area (TPSA) is 9.23 Å². The molecule has 1 nitrogen and oxygen atoms in total. The van der Waals surface area contributed by atoms with E-state index in [2.05, 4.69) is 155 Å². The van der Waals surface area contributed by atoms with E-state index in [1.54, 1.807) is 0 Å². The van der Waals surface area contributed by atoms with Crippen LogP contribution in [0.5, 0.6) is 11.5 Å². The quantitative estimate of drug-likeness (QED) is 0.203. The van der Waals surface area contributed by atoms with Crippen LogP contribution in [-0.2, 0) is 5.41 Å². The monoisotopic (exact) mass is 562 g/mol. The Morgan fingerprint density at radius 1 is 0.410 bits per heavy atom. The smallest absolute Gasteiger partial charge is 0.132 e. The lowest BCUT2D eigenvalue weighted by Gasteiger charge is -2.39. The summed E-state index contributed by atoms with van der Waals surface area (Å²) < 4.78 is 7.60. The average molecular weight is 563 g/mol. The molecule has 1 spiro atoms. The average Bonchev–Trinajstić information content (AvgIpc) is 3.28. The van der Waals surface area contributed by atoms with E-state index in [0.29, 0.717) is 0 Å². The molecule has 184 valence electrons. The second-order valence-electron chi connectivity index (χ2n) is 10.2. The van der Waals surface area contributed by atoms with E-state index in [4.69, 9.17) is 4.74 Å². The van der Waals surface area contributed by atoms with Gasteiger partial charge in [-0.1, -0.05) is 119 Å². The molecule has 0 aromatic heterocycles. The molecule has 8 rings (SSSR count). The third kappa shape index (κ3) is 3.25. The Hall–Kier alpha value is -4.40. The molecule has 0 saturated carbocycles. The summed E-state index contributed by atoms with van der Waals surface area (Å²) in [7, 11) is 0. The van der Waals surface area contributed by atoms with Gasteiger partial charge in [0, 0.05) is 15.6 Å². The predicted molar refractivity (Wildman–Crippen MR) is 162 cm³/mol. The van der Waals surface area contributed by atoms with Gasteiger partial charge >= 0.3 is 0 Å². The molecule has 1 aliphatic carbocycles. The first kappa shape index (κ1) is 22.6.